The third-order valence-corrected chi connectivity index (χ3v) is 3.80. The summed E-state index contributed by atoms with van der Waals surface area (Å²) in [5, 5.41) is 3.96. The molecule has 21 heavy (non-hydrogen) atoms. The second-order valence-corrected chi connectivity index (χ2v) is 5.19. The van der Waals surface area contributed by atoms with Gasteiger partial charge in [0.2, 0.25) is 11.7 Å². The van der Waals surface area contributed by atoms with Crippen molar-refractivity contribution in [3.63, 3.8) is 0 Å². The van der Waals surface area contributed by atoms with Crippen LogP contribution in [0, 0.1) is 0 Å². The fourth-order valence-electron chi connectivity index (χ4n) is 2.79. The highest BCUT2D eigenvalue weighted by Crippen LogP contribution is 2.22. The number of hydrogen-bond acceptors (Lipinski definition) is 6. The average Bonchev–Trinajstić information content (AvgIpc) is 3.12. The molecule has 1 atom stereocenters. The van der Waals surface area contributed by atoms with Gasteiger partial charge in [0.25, 0.3) is 0 Å². The summed E-state index contributed by atoms with van der Waals surface area (Å²) in [6.45, 7) is 2.49. The van der Waals surface area contributed by atoms with E-state index in [0.717, 1.165) is 19.5 Å². The normalized spacial score (nSPS) is 19.4. The minimum absolute atomic E-state index is 0. The second kappa shape index (κ2) is 7.59. The van der Waals surface area contributed by atoms with Gasteiger partial charge in [-0.1, -0.05) is 11.6 Å². The molecule has 2 N–H and O–H groups in total. The first kappa shape index (κ1) is 16.0. The van der Waals surface area contributed by atoms with Gasteiger partial charge in [-0.05, 0) is 44.5 Å². The number of nitrogens with zero attached hydrogens (tertiary/aromatic N) is 3. The molecule has 0 saturated carbocycles. The fourth-order valence-corrected chi connectivity index (χ4v) is 2.79. The fraction of sp³-hybridized carbons (Fsp3) is 0.571. The van der Waals surface area contributed by atoms with E-state index in [4.69, 9.17) is 14.7 Å². The van der Waals surface area contributed by atoms with Gasteiger partial charge in [0.1, 0.15) is 0 Å². The van der Waals surface area contributed by atoms with E-state index in [1.165, 1.54) is 19.3 Å². The lowest BCUT2D eigenvalue weighted by atomic mass is 9.99. The van der Waals surface area contributed by atoms with Gasteiger partial charge in [0, 0.05) is 6.04 Å². The van der Waals surface area contributed by atoms with Crippen molar-refractivity contribution in [1.82, 2.24) is 15.0 Å². The summed E-state index contributed by atoms with van der Waals surface area (Å²) in [5.74, 6) is 1.79. The molecule has 1 saturated heterocycles. The van der Waals surface area contributed by atoms with Crippen molar-refractivity contribution in [1.29, 1.82) is 0 Å². The molecule has 1 unspecified atom stereocenters. The van der Waals surface area contributed by atoms with Crippen molar-refractivity contribution in [2.24, 2.45) is 5.73 Å². The van der Waals surface area contributed by atoms with E-state index < -0.39 is 0 Å². The van der Waals surface area contributed by atoms with Crippen LogP contribution in [0.15, 0.2) is 27.3 Å². The van der Waals surface area contributed by atoms with Crippen molar-refractivity contribution >= 4 is 12.4 Å². The highest BCUT2D eigenvalue weighted by atomic mass is 35.5. The van der Waals surface area contributed by atoms with Gasteiger partial charge in [-0.2, -0.15) is 4.98 Å². The molecule has 0 radical (unpaired) electrons. The molecule has 0 bridgehead atoms. The van der Waals surface area contributed by atoms with Crippen LogP contribution in [0.1, 0.15) is 31.6 Å². The third-order valence-electron chi connectivity index (χ3n) is 3.80. The summed E-state index contributed by atoms with van der Waals surface area (Å²) < 4.78 is 10.6. The highest BCUT2D eigenvalue weighted by Gasteiger charge is 2.24. The number of furan rings is 1. The summed E-state index contributed by atoms with van der Waals surface area (Å²) >= 11 is 0. The largest absolute Gasteiger partial charge is 0.461 e. The Kier molecular flexibility index (Phi) is 5.78. The number of aromatic nitrogens is 2. The first-order valence-corrected chi connectivity index (χ1v) is 7.17. The SMILES string of the molecule is Cl.NCCC1CCCCN1Cc1nc(-c2ccco2)no1. The summed E-state index contributed by atoms with van der Waals surface area (Å²) in [7, 11) is 0. The zero-order chi connectivity index (χ0) is 13.8. The topological polar surface area (TPSA) is 81.3 Å². The lowest BCUT2D eigenvalue weighted by Gasteiger charge is -2.34. The van der Waals surface area contributed by atoms with Crippen LogP contribution in [0.5, 0.6) is 0 Å². The molecule has 3 heterocycles. The molecule has 0 spiro atoms. The Morgan fingerprint density at radius 3 is 3.05 bits per heavy atom. The molecule has 0 amide bonds. The van der Waals surface area contributed by atoms with Gasteiger partial charge in [0.15, 0.2) is 5.76 Å². The summed E-state index contributed by atoms with van der Waals surface area (Å²) in [6, 6.07) is 4.17. The Morgan fingerprint density at radius 2 is 2.29 bits per heavy atom. The van der Waals surface area contributed by atoms with Crippen molar-refractivity contribution < 1.29 is 8.94 Å². The molecule has 1 aliphatic rings. The molecule has 0 aromatic carbocycles. The number of piperidine rings is 1. The number of hydrogen-bond donors (Lipinski definition) is 1. The predicted octanol–water partition coefficient (Wildman–Crippen LogP) is 2.45. The molecule has 3 rings (SSSR count). The van der Waals surface area contributed by atoms with Gasteiger partial charge < -0.3 is 14.7 Å². The van der Waals surface area contributed by atoms with Crippen LogP contribution < -0.4 is 5.73 Å². The summed E-state index contributed by atoms with van der Waals surface area (Å²) in [4.78, 5) is 6.80. The van der Waals surface area contributed by atoms with Crippen molar-refractivity contribution in [2.45, 2.75) is 38.3 Å². The Hall–Kier alpha value is -1.37. The van der Waals surface area contributed by atoms with Gasteiger partial charge in [-0.3, -0.25) is 4.90 Å². The van der Waals surface area contributed by atoms with Crippen molar-refractivity contribution in [2.75, 3.05) is 13.1 Å². The third kappa shape index (κ3) is 3.84. The van der Waals surface area contributed by atoms with Gasteiger partial charge in [-0.25, -0.2) is 0 Å². The Labute approximate surface area is 130 Å². The van der Waals surface area contributed by atoms with Crippen LogP contribution in [0.4, 0.5) is 0 Å². The smallest absolute Gasteiger partial charge is 0.241 e. The zero-order valence-electron chi connectivity index (χ0n) is 11.9. The van der Waals surface area contributed by atoms with Crippen molar-refractivity contribution in [3.8, 4) is 11.6 Å². The molecule has 2 aromatic heterocycles. The van der Waals surface area contributed by atoms with Crippen molar-refractivity contribution in [3.05, 3.63) is 24.3 Å². The van der Waals surface area contributed by atoms with Crippen LogP contribution >= 0.6 is 12.4 Å². The van der Waals surface area contributed by atoms with Gasteiger partial charge in [0.05, 0.1) is 12.8 Å². The first-order valence-electron chi connectivity index (χ1n) is 7.17. The van der Waals surface area contributed by atoms with E-state index in [0.29, 0.717) is 30.1 Å². The number of rotatable bonds is 5. The summed E-state index contributed by atoms with van der Waals surface area (Å²) in [5.41, 5.74) is 5.69. The standard InChI is InChI=1S/C14H20N4O2.ClH/c15-7-6-11-4-1-2-8-18(11)10-13-16-14(17-20-13)12-5-3-9-19-12;/h3,5,9,11H,1-2,4,6-8,10,15H2;1H. The summed E-state index contributed by atoms with van der Waals surface area (Å²) in [6.07, 6.45) is 6.34. The lowest BCUT2D eigenvalue weighted by Crippen LogP contribution is -2.40. The maximum Gasteiger partial charge on any atom is 0.241 e. The number of likely N-dealkylation sites (tertiary alicyclic amines) is 1. The number of nitrogens with two attached hydrogens (primary N) is 1. The molecule has 116 valence electrons. The van der Waals surface area contributed by atoms with Crippen LogP contribution in [0.3, 0.4) is 0 Å². The Morgan fingerprint density at radius 1 is 1.38 bits per heavy atom. The van der Waals surface area contributed by atoms with E-state index in [1.54, 1.807) is 6.26 Å². The quantitative estimate of drug-likeness (QED) is 0.913. The minimum Gasteiger partial charge on any atom is -0.461 e. The monoisotopic (exact) mass is 312 g/mol. The van der Waals surface area contributed by atoms with E-state index >= 15 is 0 Å². The average molecular weight is 313 g/mol. The molecular weight excluding hydrogens is 292 g/mol. The highest BCUT2D eigenvalue weighted by molar-refractivity contribution is 5.85. The van der Waals surface area contributed by atoms with Crippen LogP contribution in [0.2, 0.25) is 0 Å². The molecular formula is C14H21ClN4O2. The molecule has 6 nitrogen and oxygen atoms in total. The molecule has 0 aliphatic carbocycles. The maximum absolute atomic E-state index is 5.69. The molecule has 7 heteroatoms. The van der Waals surface area contributed by atoms with E-state index in [2.05, 4.69) is 15.0 Å². The molecule has 2 aromatic rings. The van der Waals surface area contributed by atoms with E-state index in [-0.39, 0.29) is 12.4 Å². The van der Waals surface area contributed by atoms with Crippen LogP contribution in [0.25, 0.3) is 11.6 Å². The zero-order valence-corrected chi connectivity index (χ0v) is 12.7. The van der Waals surface area contributed by atoms with Crippen LogP contribution in [-0.2, 0) is 6.54 Å². The van der Waals surface area contributed by atoms with Gasteiger partial charge >= 0.3 is 0 Å². The van der Waals surface area contributed by atoms with Crippen LogP contribution in [-0.4, -0.2) is 34.2 Å². The molecule has 1 fully saturated rings. The maximum atomic E-state index is 5.69. The van der Waals surface area contributed by atoms with E-state index in [9.17, 15) is 0 Å². The van der Waals surface area contributed by atoms with E-state index in [1.807, 2.05) is 12.1 Å². The Balaban J connectivity index is 0.00000161. The first-order chi connectivity index (χ1) is 9.86. The predicted molar refractivity (Wildman–Crippen MR) is 81.0 cm³/mol. The number of halogens is 1. The second-order valence-electron chi connectivity index (χ2n) is 5.19. The molecule has 1 aliphatic heterocycles. The lowest BCUT2D eigenvalue weighted by molar-refractivity contribution is 0.118. The Bertz CT molecular complexity index is 527. The van der Waals surface area contributed by atoms with Gasteiger partial charge in [-0.15, -0.1) is 12.4 Å². The minimum atomic E-state index is 0.